The Balaban J connectivity index is 1.33. The number of sulfonamides is 1. The lowest BCUT2D eigenvalue weighted by Crippen LogP contribution is -2.50. The number of aromatic nitrogens is 1. The Morgan fingerprint density at radius 3 is 2.56 bits per heavy atom. The Hall–Kier alpha value is -2.83. The van der Waals surface area contributed by atoms with Crippen molar-refractivity contribution in [3.63, 3.8) is 0 Å². The van der Waals surface area contributed by atoms with Crippen molar-refractivity contribution in [1.82, 2.24) is 9.46 Å². The van der Waals surface area contributed by atoms with Crippen LogP contribution in [-0.4, -0.2) is 43.1 Å². The van der Waals surface area contributed by atoms with E-state index < -0.39 is 33.8 Å². The Labute approximate surface area is 186 Å². The molecule has 0 saturated carbocycles. The maximum atomic E-state index is 13.8. The molecule has 4 heterocycles. The zero-order valence-corrected chi connectivity index (χ0v) is 18.2. The van der Waals surface area contributed by atoms with Gasteiger partial charge in [-0.05, 0) is 31.0 Å². The predicted octanol–water partition coefficient (Wildman–Crippen LogP) is 3.99. The van der Waals surface area contributed by atoms with Gasteiger partial charge < -0.3 is 9.26 Å². The van der Waals surface area contributed by atoms with Crippen molar-refractivity contribution in [3.8, 4) is 10.6 Å². The summed E-state index contributed by atoms with van der Waals surface area (Å²) in [6, 6.07) is 6.46. The number of halogens is 2. The van der Waals surface area contributed by atoms with Crippen molar-refractivity contribution >= 4 is 33.1 Å². The molecule has 8 nitrogen and oxygen atoms in total. The van der Waals surface area contributed by atoms with E-state index in [0.29, 0.717) is 29.0 Å². The van der Waals surface area contributed by atoms with Gasteiger partial charge in [0, 0.05) is 36.8 Å². The summed E-state index contributed by atoms with van der Waals surface area (Å²) in [7, 11) is -3.73. The lowest BCUT2D eigenvalue weighted by atomic mass is 10.0. The number of carbonyl (C=O) groups is 1. The van der Waals surface area contributed by atoms with E-state index in [1.54, 1.807) is 12.1 Å². The summed E-state index contributed by atoms with van der Waals surface area (Å²) >= 11 is 1.09. The average Bonchev–Trinajstić information content (AvgIpc) is 3.47. The van der Waals surface area contributed by atoms with Crippen molar-refractivity contribution in [3.05, 3.63) is 53.7 Å². The van der Waals surface area contributed by atoms with Crippen LogP contribution in [-0.2, 0) is 21.4 Å². The lowest BCUT2D eigenvalue weighted by molar-refractivity contribution is 0.135. The molecule has 2 aliphatic rings. The molecular weight excluding hydrogens is 464 g/mol. The maximum Gasteiger partial charge on any atom is 0.414 e. The van der Waals surface area contributed by atoms with Crippen LogP contribution in [0.4, 0.5) is 19.3 Å². The number of nitrogens with zero attached hydrogens (tertiary/aromatic N) is 3. The molecule has 32 heavy (non-hydrogen) atoms. The molecule has 5 rings (SSSR count). The Morgan fingerprint density at radius 1 is 1.09 bits per heavy atom. The number of thiophene rings is 1. The van der Waals surface area contributed by atoms with Gasteiger partial charge in [0.05, 0.1) is 16.8 Å². The third kappa shape index (κ3) is 3.57. The number of piperidine rings is 1. The highest BCUT2D eigenvalue weighted by molar-refractivity contribution is 7.91. The first-order valence-electron chi connectivity index (χ1n) is 9.79. The minimum atomic E-state index is -3.73. The molecule has 1 saturated heterocycles. The highest BCUT2D eigenvalue weighted by Crippen LogP contribution is 2.36. The molecule has 0 N–H and O–H groups in total. The molecule has 0 radical (unpaired) electrons. The monoisotopic (exact) mass is 481 g/mol. The van der Waals surface area contributed by atoms with Crippen molar-refractivity contribution in [2.24, 2.45) is 0 Å². The number of carbonyl (C=O) groups excluding carboxylic acids is 1. The predicted molar refractivity (Wildman–Crippen MR) is 111 cm³/mol. The third-order valence-corrected chi connectivity index (χ3v) is 9.04. The summed E-state index contributed by atoms with van der Waals surface area (Å²) in [4.78, 5) is 14.4. The van der Waals surface area contributed by atoms with Gasteiger partial charge in [-0.2, -0.15) is 4.31 Å². The Kier molecular flexibility index (Phi) is 5.22. The van der Waals surface area contributed by atoms with Crippen LogP contribution in [0, 0.1) is 11.6 Å². The van der Waals surface area contributed by atoms with Gasteiger partial charge in [-0.25, -0.2) is 22.0 Å². The van der Waals surface area contributed by atoms with E-state index in [9.17, 15) is 22.0 Å². The molecule has 0 bridgehead atoms. The molecule has 0 spiro atoms. The number of rotatable bonds is 4. The fourth-order valence-corrected chi connectivity index (χ4v) is 6.86. The van der Waals surface area contributed by atoms with E-state index in [1.807, 2.05) is 0 Å². The van der Waals surface area contributed by atoms with Gasteiger partial charge in [0.1, 0.15) is 10.8 Å². The first-order valence-corrected chi connectivity index (χ1v) is 12.0. The first-order chi connectivity index (χ1) is 15.3. The summed E-state index contributed by atoms with van der Waals surface area (Å²) in [6.07, 6.45) is 1.48. The van der Waals surface area contributed by atoms with Crippen molar-refractivity contribution < 1.29 is 31.3 Å². The minimum absolute atomic E-state index is 0.138. The highest BCUT2D eigenvalue weighted by atomic mass is 32.2. The molecule has 3 aromatic rings. The van der Waals surface area contributed by atoms with Crippen LogP contribution < -0.4 is 4.90 Å². The van der Waals surface area contributed by atoms with Crippen molar-refractivity contribution in [2.45, 2.75) is 29.7 Å². The Morgan fingerprint density at radius 2 is 1.84 bits per heavy atom. The molecule has 1 aromatic carbocycles. The lowest BCUT2D eigenvalue weighted by Gasteiger charge is -2.39. The van der Waals surface area contributed by atoms with Crippen molar-refractivity contribution in [2.75, 3.05) is 18.0 Å². The second-order valence-electron chi connectivity index (χ2n) is 7.45. The number of hydrogen-bond donors (Lipinski definition) is 0. The summed E-state index contributed by atoms with van der Waals surface area (Å²) < 4.78 is 65.4. The number of fused-ring (bicyclic) bond motifs is 1. The van der Waals surface area contributed by atoms with E-state index in [1.165, 1.54) is 21.5 Å². The fourth-order valence-electron chi connectivity index (χ4n) is 3.97. The molecule has 2 aliphatic heterocycles. The largest absolute Gasteiger partial charge is 0.444 e. The summed E-state index contributed by atoms with van der Waals surface area (Å²) in [5, 5.41) is 3.63. The quantitative estimate of drug-likeness (QED) is 0.560. The highest BCUT2D eigenvalue weighted by Gasteiger charge is 2.38. The topological polar surface area (TPSA) is 93.0 Å². The smallest absolute Gasteiger partial charge is 0.414 e. The van der Waals surface area contributed by atoms with Gasteiger partial charge in [-0.15, -0.1) is 11.3 Å². The number of hydrogen-bond acceptors (Lipinski definition) is 7. The minimum Gasteiger partial charge on any atom is -0.444 e. The van der Waals surface area contributed by atoms with Crippen LogP contribution in [0.25, 0.3) is 10.6 Å². The zero-order chi connectivity index (χ0) is 22.5. The first kappa shape index (κ1) is 21.0. The van der Waals surface area contributed by atoms with E-state index >= 15 is 0 Å². The number of benzene rings is 1. The molecule has 2 aromatic heterocycles. The summed E-state index contributed by atoms with van der Waals surface area (Å²) in [5.41, 5.74) is 0.633. The molecule has 1 fully saturated rings. The SMILES string of the molecule is O=C1OCc2cc(F)c(F)cc2N1C1CCN(S(=O)(=O)c2ccc(-c3ccno3)s2)CC1. The molecular formula is C20H17F2N3O5S2. The average molecular weight is 482 g/mol. The fraction of sp³-hybridized carbons (Fsp3) is 0.300. The molecule has 0 unspecified atom stereocenters. The third-order valence-electron chi connectivity index (χ3n) is 5.57. The van der Waals surface area contributed by atoms with E-state index in [2.05, 4.69) is 5.16 Å². The van der Waals surface area contributed by atoms with Crippen LogP contribution in [0.3, 0.4) is 0 Å². The standard InChI is InChI=1S/C20H17F2N3O5S2/c21-14-9-12-11-29-20(26)25(16(12)10-15(14)22)13-4-7-24(8-5-13)32(27,28)19-2-1-18(31-19)17-3-6-23-30-17/h1-3,6,9-10,13H,4-5,7-8,11H2. The Bertz CT molecular complexity index is 1270. The van der Waals surface area contributed by atoms with Crippen LogP contribution in [0.2, 0.25) is 0 Å². The van der Waals surface area contributed by atoms with Crippen molar-refractivity contribution in [1.29, 1.82) is 0 Å². The molecule has 0 aliphatic carbocycles. The number of anilines is 1. The molecule has 1 amide bonds. The molecule has 12 heteroatoms. The van der Waals surface area contributed by atoms with Gasteiger partial charge in [-0.1, -0.05) is 5.16 Å². The second-order valence-corrected chi connectivity index (χ2v) is 10.7. The van der Waals surface area contributed by atoms with E-state index in [4.69, 9.17) is 9.26 Å². The van der Waals surface area contributed by atoms with Gasteiger partial charge in [0.2, 0.25) is 0 Å². The van der Waals surface area contributed by atoms with Crippen LogP contribution in [0.15, 0.2) is 45.3 Å². The normalized spacial score (nSPS) is 17.9. The van der Waals surface area contributed by atoms with E-state index in [-0.39, 0.29) is 29.6 Å². The van der Waals surface area contributed by atoms with Gasteiger partial charge in [0.25, 0.3) is 10.0 Å². The van der Waals surface area contributed by atoms with Crippen LogP contribution in [0.1, 0.15) is 18.4 Å². The van der Waals surface area contributed by atoms with Crippen LogP contribution in [0.5, 0.6) is 0 Å². The molecule has 0 atom stereocenters. The number of amides is 1. The van der Waals surface area contributed by atoms with Crippen LogP contribution >= 0.6 is 11.3 Å². The molecule has 168 valence electrons. The van der Waals surface area contributed by atoms with Gasteiger partial charge in [0.15, 0.2) is 17.4 Å². The number of ether oxygens (including phenoxy) is 1. The number of cyclic esters (lactones) is 1. The second kappa shape index (κ2) is 7.94. The van der Waals surface area contributed by atoms with E-state index in [0.717, 1.165) is 23.5 Å². The summed E-state index contributed by atoms with van der Waals surface area (Å²) in [6.45, 7) is 0.206. The summed E-state index contributed by atoms with van der Waals surface area (Å²) in [5.74, 6) is -1.58. The van der Waals surface area contributed by atoms with Gasteiger partial charge >= 0.3 is 6.09 Å². The zero-order valence-electron chi connectivity index (χ0n) is 16.5. The maximum absolute atomic E-state index is 13.8. The van der Waals surface area contributed by atoms with Gasteiger partial charge in [-0.3, -0.25) is 4.90 Å².